The van der Waals surface area contributed by atoms with Crippen molar-refractivity contribution in [2.45, 2.75) is 39.2 Å². The average molecular weight is 390 g/mol. The van der Waals surface area contributed by atoms with E-state index in [0.717, 1.165) is 38.3 Å². The SMILES string of the molecule is CCCNC(=O)CN=C(NCC)NCC(c1cccc(OC)c1)N1CCCC1. The Hall–Kier alpha value is -2.28. The normalized spacial score (nSPS) is 15.9. The summed E-state index contributed by atoms with van der Waals surface area (Å²) in [6.45, 7) is 8.52. The van der Waals surface area contributed by atoms with Gasteiger partial charge in [-0.15, -0.1) is 0 Å². The van der Waals surface area contributed by atoms with Crippen LogP contribution in [0, 0.1) is 0 Å². The maximum atomic E-state index is 11.9. The topological polar surface area (TPSA) is 78.0 Å². The maximum Gasteiger partial charge on any atom is 0.241 e. The van der Waals surface area contributed by atoms with Crippen molar-refractivity contribution in [2.75, 3.05) is 46.4 Å². The van der Waals surface area contributed by atoms with Crippen LogP contribution in [0.4, 0.5) is 0 Å². The smallest absolute Gasteiger partial charge is 0.241 e. The minimum Gasteiger partial charge on any atom is -0.497 e. The third-order valence-corrected chi connectivity index (χ3v) is 4.82. The van der Waals surface area contributed by atoms with Gasteiger partial charge in [-0.2, -0.15) is 0 Å². The zero-order valence-electron chi connectivity index (χ0n) is 17.5. The van der Waals surface area contributed by atoms with E-state index >= 15 is 0 Å². The molecule has 0 bridgehead atoms. The summed E-state index contributed by atoms with van der Waals surface area (Å²) in [5, 5.41) is 9.51. The number of nitrogens with one attached hydrogen (secondary N) is 3. The Morgan fingerprint density at radius 3 is 2.68 bits per heavy atom. The van der Waals surface area contributed by atoms with Gasteiger partial charge >= 0.3 is 0 Å². The standard InChI is InChI=1S/C21H35N5O2/c1-4-11-23-20(27)16-25-21(22-5-2)24-15-19(26-12-6-7-13-26)17-9-8-10-18(14-17)28-3/h8-10,14,19H,4-7,11-13,15-16H2,1-3H3,(H,23,27)(H2,22,24,25). The summed E-state index contributed by atoms with van der Waals surface area (Å²) in [5.41, 5.74) is 1.23. The highest BCUT2D eigenvalue weighted by atomic mass is 16.5. The lowest BCUT2D eigenvalue weighted by molar-refractivity contribution is -0.119. The molecule has 1 aromatic rings. The molecule has 0 spiro atoms. The number of aliphatic imine (C=N–C) groups is 1. The van der Waals surface area contributed by atoms with Crippen molar-refractivity contribution in [3.63, 3.8) is 0 Å². The Balaban J connectivity index is 2.05. The van der Waals surface area contributed by atoms with Gasteiger partial charge in [0, 0.05) is 19.6 Å². The number of likely N-dealkylation sites (tertiary alicyclic amines) is 1. The number of rotatable bonds is 10. The Morgan fingerprint density at radius 1 is 1.21 bits per heavy atom. The molecule has 0 radical (unpaired) electrons. The van der Waals surface area contributed by atoms with Gasteiger partial charge < -0.3 is 20.7 Å². The quantitative estimate of drug-likeness (QED) is 0.421. The van der Waals surface area contributed by atoms with Gasteiger partial charge in [0.05, 0.1) is 13.2 Å². The van der Waals surface area contributed by atoms with Crippen LogP contribution < -0.4 is 20.7 Å². The third kappa shape index (κ3) is 7.03. The molecule has 7 nitrogen and oxygen atoms in total. The number of carbonyl (C=O) groups is 1. The van der Waals surface area contributed by atoms with E-state index < -0.39 is 0 Å². The first-order chi connectivity index (χ1) is 13.7. The number of carbonyl (C=O) groups excluding carboxylic acids is 1. The van der Waals surface area contributed by atoms with Crippen LogP contribution in [-0.2, 0) is 4.79 Å². The zero-order valence-corrected chi connectivity index (χ0v) is 17.5. The zero-order chi connectivity index (χ0) is 20.2. The van der Waals surface area contributed by atoms with Crippen molar-refractivity contribution in [2.24, 2.45) is 4.99 Å². The molecule has 7 heteroatoms. The van der Waals surface area contributed by atoms with Gasteiger partial charge in [-0.05, 0) is 57.0 Å². The first kappa shape index (κ1) is 22.0. The summed E-state index contributed by atoms with van der Waals surface area (Å²) in [4.78, 5) is 18.8. The Morgan fingerprint density at radius 2 is 2.00 bits per heavy atom. The van der Waals surface area contributed by atoms with E-state index in [0.29, 0.717) is 12.5 Å². The molecule has 1 saturated heterocycles. The maximum absolute atomic E-state index is 11.9. The summed E-state index contributed by atoms with van der Waals surface area (Å²) < 4.78 is 5.41. The van der Waals surface area contributed by atoms with Gasteiger partial charge in [-0.1, -0.05) is 19.1 Å². The van der Waals surface area contributed by atoms with E-state index in [1.807, 2.05) is 26.0 Å². The van der Waals surface area contributed by atoms with Crippen molar-refractivity contribution in [3.8, 4) is 5.75 Å². The van der Waals surface area contributed by atoms with Crippen LogP contribution in [0.15, 0.2) is 29.3 Å². The second-order valence-electron chi connectivity index (χ2n) is 6.96. The number of hydrogen-bond acceptors (Lipinski definition) is 4. The van der Waals surface area contributed by atoms with Gasteiger partial charge in [0.1, 0.15) is 12.3 Å². The van der Waals surface area contributed by atoms with Crippen LogP contribution in [0.2, 0.25) is 0 Å². The molecule has 1 aromatic carbocycles. The first-order valence-corrected chi connectivity index (χ1v) is 10.3. The Bertz CT molecular complexity index is 629. The molecular weight excluding hydrogens is 354 g/mol. The lowest BCUT2D eigenvalue weighted by Crippen LogP contribution is -2.43. The molecule has 28 heavy (non-hydrogen) atoms. The molecule has 3 N–H and O–H groups in total. The fraction of sp³-hybridized carbons (Fsp3) is 0.619. The lowest BCUT2D eigenvalue weighted by Gasteiger charge is -2.29. The van der Waals surface area contributed by atoms with Gasteiger partial charge in [0.25, 0.3) is 0 Å². The highest BCUT2D eigenvalue weighted by molar-refractivity contribution is 5.84. The van der Waals surface area contributed by atoms with Crippen molar-refractivity contribution in [3.05, 3.63) is 29.8 Å². The predicted molar refractivity (Wildman–Crippen MR) is 114 cm³/mol. The first-order valence-electron chi connectivity index (χ1n) is 10.3. The van der Waals surface area contributed by atoms with Crippen LogP contribution in [0.25, 0.3) is 0 Å². The Labute approximate surface area is 168 Å². The summed E-state index contributed by atoms with van der Waals surface area (Å²) >= 11 is 0. The summed E-state index contributed by atoms with van der Waals surface area (Å²) in [6, 6.07) is 8.49. The van der Waals surface area contributed by atoms with Gasteiger partial charge in [-0.25, -0.2) is 4.99 Å². The molecule has 0 aromatic heterocycles. The van der Waals surface area contributed by atoms with Crippen LogP contribution in [0.1, 0.15) is 44.7 Å². The number of methoxy groups -OCH3 is 1. The van der Waals surface area contributed by atoms with Crippen molar-refractivity contribution in [1.29, 1.82) is 0 Å². The molecule has 2 rings (SSSR count). The molecule has 1 amide bonds. The summed E-state index contributed by atoms with van der Waals surface area (Å²) in [7, 11) is 1.70. The fourth-order valence-corrected chi connectivity index (χ4v) is 3.37. The highest BCUT2D eigenvalue weighted by Crippen LogP contribution is 2.27. The number of hydrogen-bond donors (Lipinski definition) is 3. The minimum absolute atomic E-state index is 0.0528. The van der Waals surface area contributed by atoms with Crippen molar-refractivity contribution < 1.29 is 9.53 Å². The second-order valence-corrected chi connectivity index (χ2v) is 6.96. The lowest BCUT2D eigenvalue weighted by atomic mass is 10.1. The molecule has 1 aliphatic rings. The van der Waals surface area contributed by atoms with Crippen LogP contribution in [0.3, 0.4) is 0 Å². The van der Waals surface area contributed by atoms with Gasteiger partial charge in [0.2, 0.25) is 5.91 Å². The van der Waals surface area contributed by atoms with Crippen LogP contribution in [0.5, 0.6) is 5.75 Å². The van der Waals surface area contributed by atoms with Gasteiger partial charge in [0.15, 0.2) is 5.96 Å². The average Bonchev–Trinajstić information content (AvgIpc) is 3.25. The molecule has 1 aliphatic heterocycles. The molecule has 1 unspecified atom stereocenters. The van der Waals surface area contributed by atoms with Crippen molar-refractivity contribution in [1.82, 2.24) is 20.9 Å². The molecule has 1 heterocycles. The Kier molecular flexibility index (Phi) is 9.62. The predicted octanol–water partition coefficient (Wildman–Crippen LogP) is 1.91. The molecular formula is C21H35N5O2. The van der Waals surface area contributed by atoms with E-state index in [1.54, 1.807) is 7.11 Å². The van der Waals surface area contributed by atoms with E-state index in [9.17, 15) is 4.79 Å². The van der Waals surface area contributed by atoms with Crippen LogP contribution in [-0.4, -0.2) is 63.1 Å². The largest absolute Gasteiger partial charge is 0.497 e. The van der Waals surface area contributed by atoms with E-state index in [4.69, 9.17) is 4.74 Å². The fourth-order valence-electron chi connectivity index (χ4n) is 3.37. The molecule has 1 fully saturated rings. The summed E-state index contributed by atoms with van der Waals surface area (Å²) in [5.74, 6) is 1.49. The van der Waals surface area contributed by atoms with Gasteiger partial charge in [-0.3, -0.25) is 9.69 Å². The monoisotopic (exact) mass is 389 g/mol. The van der Waals surface area contributed by atoms with E-state index in [1.165, 1.54) is 18.4 Å². The number of nitrogens with zero attached hydrogens (tertiary/aromatic N) is 2. The van der Waals surface area contributed by atoms with E-state index in [2.05, 4.69) is 38.0 Å². The highest BCUT2D eigenvalue weighted by Gasteiger charge is 2.24. The minimum atomic E-state index is -0.0528. The van der Waals surface area contributed by atoms with E-state index in [-0.39, 0.29) is 18.5 Å². The van der Waals surface area contributed by atoms with Crippen molar-refractivity contribution >= 4 is 11.9 Å². The molecule has 156 valence electrons. The second kappa shape index (κ2) is 12.2. The number of guanidine groups is 1. The molecule has 1 atom stereocenters. The molecule has 0 aliphatic carbocycles. The summed E-state index contributed by atoms with van der Waals surface area (Å²) in [6.07, 6.45) is 3.38. The number of amides is 1. The number of benzene rings is 1. The van der Waals surface area contributed by atoms with Crippen LogP contribution >= 0.6 is 0 Å². The molecule has 0 saturated carbocycles. The third-order valence-electron chi connectivity index (χ3n) is 4.82. The number of ether oxygens (including phenoxy) is 1.